The lowest BCUT2D eigenvalue weighted by molar-refractivity contribution is 0.0919. The number of aromatic nitrogens is 1. The molecule has 0 radical (unpaired) electrons. The summed E-state index contributed by atoms with van der Waals surface area (Å²) in [6, 6.07) is 1.57. The maximum absolute atomic E-state index is 12.4. The third-order valence-electron chi connectivity index (χ3n) is 3.66. The van der Waals surface area contributed by atoms with E-state index >= 15 is 0 Å². The van der Waals surface area contributed by atoms with E-state index in [0.29, 0.717) is 24.2 Å². The van der Waals surface area contributed by atoms with Gasteiger partial charge >= 0.3 is 0 Å². The van der Waals surface area contributed by atoms with E-state index in [1.165, 1.54) is 19.5 Å². The number of methoxy groups -OCH3 is 1. The molecule has 0 saturated heterocycles. The van der Waals surface area contributed by atoms with Crippen LogP contribution in [0.2, 0.25) is 0 Å². The van der Waals surface area contributed by atoms with Crippen LogP contribution in [-0.2, 0) is 0 Å². The zero-order chi connectivity index (χ0) is 14.6. The predicted octanol–water partition coefficient (Wildman–Crippen LogP) is 0.879. The number of carbonyl (C=O) groups is 1. The molecule has 1 saturated carbocycles. The van der Waals surface area contributed by atoms with Crippen molar-refractivity contribution in [2.75, 3.05) is 7.11 Å². The minimum Gasteiger partial charge on any atom is -0.494 e. The molecule has 0 spiro atoms. The van der Waals surface area contributed by atoms with Crippen LogP contribution in [0.3, 0.4) is 0 Å². The van der Waals surface area contributed by atoms with Gasteiger partial charge in [0.25, 0.3) is 5.91 Å². The first-order valence-corrected chi connectivity index (χ1v) is 6.41. The first-order chi connectivity index (χ1) is 9.63. The summed E-state index contributed by atoms with van der Waals surface area (Å²) in [7, 11) is 1.47. The summed E-state index contributed by atoms with van der Waals surface area (Å²) in [5.74, 6) is 0.103. The largest absolute Gasteiger partial charge is 0.494 e. The first kappa shape index (κ1) is 14.1. The minimum atomic E-state index is -0.778. The van der Waals surface area contributed by atoms with E-state index in [1.807, 2.05) is 0 Å². The third-order valence-corrected chi connectivity index (χ3v) is 3.66. The van der Waals surface area contributed by atoms with E-state index in [1.54, 1.807) is 6.07 Å². The Labute approximate surface area is 116 Å². The molecule has 1 fully saturated rings. The maximum atomic E-state index is 12.4. The Balaban J connectivity index is 2.25. The lowest BCUT2D eigenvalue weighted by Gasteiger charge is -2.28. The van der Waals surface area contributed by atoms with E-state index in [-0.39, 0.29) is 11.7 Å². The van der Waals surface area contributed by atoms with Crippen LogP contribution in [0, 0.1) is 0 Å². The van der Waals surface area contributed by atoms with Crippen LogP contribution < -0.4 is 15.8 Å². The van der Waals surface area contributed by atoms with Gasteiger partial charge in [-0.2, -0.15) is 0 Å². The van der Waals surface area contributed by atoms with Crippen LogP contribution in [0.25, 0.3) is 0 Å². The molecule has 1 aromatic heterocycles. The zero-order valence-corrected chi connectivity index (χ0v) is 11.3. The van der Waals surface area contributed by atoms with Gasteiger partial charge in [0.1, 0.15) is 11.3 Å². The second-order valence-corrected chi connectivity index (χ2v) is 4.80. The topological polar surface area (TPSA) is 110 Å². The Morgan fingerprint density at radius 1 is 1.55 bits per heavy atom. The molecule has 1 aromatic rings. The van der Waals surface area contributed by atoms with Crippen LogP contribution >= 0.6 is 0 Å². The molecule has 20 heavy (non-hydrogen) atoms. The molecule has 1 heterocycles. The Hall–Kier alpha value is -2.31. The molecule has 108 valence electrons. The van der Waals surface area contributed by atoms with Crippen molar-refractivity contribution < 1.29 is 14.7 Å². The molecule has 7 nitrogen and oxygen atoms in total. The minimum absolute atomic E-state index is 0.0383. The Kier molecular flexibility index (Phi) is 4.07. The van der Waals surface area contributed by atoms with Crippen molar-refractivity contribution in [2.24, 2.45) is 10.9 Å². The number of hydrogen-bond acceptors (Lipinski definition) is 5. The van der Waals surface area contributed by atoms with Gasteiger partial charge in [-0.15, -0.1) is 0 Å². The summed E-state index contributed by atoms with van der Waals surface area (Å²) >= 11 is 0. The fraction of sp³-hybridized carbons (Fsp3) is 0.462. The summed E-state index contributed by atoms with van der Waals surface area (Å²) in [5, 5.41) is 14.9. The van der Waals surface area contributed by atoms with Crippen molar-refractivity contribution in [3.63, 3.8) is 0 Å². The van der Waals surface area contributed by atoms with E-state index in [4.69, 9.17) is 15.7 Å². The van der Waals surface area contributed by atoms with Gasteiger partial charge in [0.05, 0.1) is 18.9 Å². The number of amidine groups is 1. The second-order valence-electron chi connectivity index (χ2n) is 4.80. The van der Waals surface area contributed by atoms with Gasteiger partial charge in [0.2, 0.25) is 0 Å². The number of pyridine rings is 1. The normalized spacial score (nSPS) is 17.8. The average Bonchev–Trinajstić information content (AvgIpc) is 2.95. The van der Waals surface area contributed by atoms with Gasteiger partial charge < -0.3 is 21.0 Å². The molecule has 1 aliphatic carbocycles. The highest BCUT2D eigenvalue weighted by molar-refractivity contribution is 6.01. The molecule has 2 rings (SSSR count). The number of nitrogens with zero attached hydrogens (tertiary/aromatic N) is 2. The molecule has 7 heteroatoms. The second kappa shape index (κ2) is 5.77. The molecule has 0 atom stereocenters. The average molecular weight is 278 g/mol. The van der Waals surface area contributed by atoms with Crippen molar-refractivity contribution in [1.82, 2.24) is 10.3 Å². The highest BCUT2D eigenvalue weighted by Gasteiger charge is 2.40. The third kappa shape index (κ3) is 2.52. The Morgan fingerprint density at radius 3 is 2.85 bits per heavy atom. The summed E-state index contributed by atoms with van der Waals surface area (Å²) in [5.41, 5.74) is 5.35. The van der Waals surface area contributed by atoms with E-state index in [9.17, 15) is 4.79 Å². The van der Waals surface area contributed by atoms with Gasteiger partial charge in [-0.1, -0.05) is 18.0 Å². The molecule has 0 aliphatic heterocycles. The molecule has 1 aliphatic rings. The highest BCUT2D eigenvalue weighted by Crippen LogP contribution is 2.30. The molecular formula is C13H18N4O3. The van der Waals surface area contributed by atoms with Crippen molar-refractivity contribution in [2.45, 2.75) is 31.2 Å². The lowest BCUT2D eigenvalue weighted by atomic mass is 9.95. The Morgan fingerprint density at radius 2 is 2.25 bits per heavy atom. The number of nitrogens with two attached hydrogens (primary N) is 1. The molecule has 1 amide bonds. The molecule has 0 unspecified atom stereocenters. The SMILES string of the molecule is COc1cnccc1C(=O)NC1(/C(N)=N/O)CCCC1. The summed E-state index contributed by atoms with van der Waals surface area (Å²) in [6.45, 7) is 0. The summed E-state index contributed by atoms with van der Waals surface area (Å²) in [6.07, 6.45) is 6.14. The van der Waals surface area contributed by atoms with Crippen LogP contribution in [-0.4, -0.2) is 34.6 Å². The maximum Gasteiger partial charge on any atom is 0.255 e. The van der Waals surface area contributed by atoms with Crippen LogP contribution in [0.5, 0.6) is 5.75 Å². The quantitative estimate of drug-likeness (QED) is 0.328. The smallest absolute Gasteiger partial charge is 0.255 e. The van der Waals surface area contributed by atoms with Crippen LogP contribution in [0.15, 0.2) is 23.6 Å². The highest BCUT2D eigenvalue weighted by atomic mass is 16.5. The van der Waals surface area contributed by atoms with Gasteiger partial charge in [0.15, 0.2) is 5.84 Å². The number of nitrogens with one attached hydrogen (secondary N) is 1. The van der Waals surface area contributed by atoms with E-state index in [2.05, 4.69) is 15.5 Å². The van der Waals surface area contributed by atoms with Gasteiger partial charge in [-0.3, -0.25) is 9.78 Å². The summed E-state index contributed by atoms with van der Waals surface area (Å²) < 4.78 is 5.12. The van der Waals surface area contributed by atoms with Gasteiger partial charge in [0, 0.05) is 6.20 Å². The number of carbonyl (C=O) groups excluding carboxylic acids is 1. The fourth-order valence-electron chi connectivity index (χ4n) is 2.53. The fourth-order valence-corrected chi connectivity index (χ4v) is 2.53. The van der Waals surface area contributed by atoms with E-state index in [0.717, 1.165) is 12.8 Å². The molecule has 0 aromatic carbocycles. The monoisotopic (exact) mass is 278 g/mol. The zero-order valence-electron chi connectivity index (χ0n) is 11.3. The molecular weight excluding hydrogens is 260 g/mol. The first-order valence-electron chi connectivity index (χ1n) is 6.41. The van der Waals surface area contributed by atoms with Crippen LogP contribution in [0.1, 0.15) is 36.0 Å². The van der Waals surface area contributed by atoms with Crippen molar-refractivity contribution in [1.29, 1.82) is 0 Å². The van der Waals surface area contributed by atoms with Gasteiger partial charge in [-0.25, -0.2) is 0 Å². The predicted molar refractivity (Wildman–Crippen MR) is 72.9 cm³/mol. The van der Waals surface area contributed by atoms with Crippen molar-refractivity contribution in [3.8, 4) is 5.75 Å². The van der Waals surface area contributed by atoms with Gasteiger partial charge in [-0.05, 0) is 18.9 Å². The lowest BCUT2D eigenvalue weighted by Crippen LogP contribution is -2.55. The molecule has 4 N–H and O–H groups in total. The van der Waals surface area contributed by atoms with Crippen molar-refractivity contribution in [3.05, 3.63) is 24.0 Å². The standard InChI is InChI=1S/C13H18N4O3/c1-20-10-8-15-7-4-9(10)11(18)16-13(12(14)17-19)5-2-3-6-13/h4,7-8,19H,2-3,5-6H2,1H3,(H2,14,17)(H,16,18). The van der Waals surface area contributed by atoms with E-state index < -0.39 is 5.54 Å². The number of rotatable bonds is 4. The number of oxime groups is 1. The summed E-state index contributed by atoms with van der Waals surface area (Å²) in [4.78, 5) is 16.3. The Bertz CT molecular complexity index is 524. The number of amides is 1. The number of ether oxygens (including phenoxy) is 1. The molecule has 0 bridgehead atoms. The van der Waals surface area contributed by atoms with Crippen LogP contribution in [0.4, 0.5) is 0 Å². The van der Waals surface area contributed by atoms with Crippen molar-refractivity contribution >= 4 is 11.7 Å². The number of hydrogen-bond donors (Lipinski definition) is 3.